The monoisotopic (exact) mass is 319 g/mol. The smallest absolute Gasteiger partial charge is 0.0529 e. The van der Waals surface area contributed by atoms with Gasteiger partial charge in [-0.1, -0.05) is 42.5 Å². The van der Waals surface area contributed by atoms with Crippen molar-refractivity contribution in [1.82, 2.24) is 15.2 Å². The van der Waals surface area contributed by atoms with Crippen LogP contribution >= 0.6 is 0 Å². The zero-order valence-electron chi connectivity index (χ0n) is 14.5. The van der Waals surface area contributed by atoms with Crippen molar-refractivity contribution >= 4 is 10.9 Å². The van der Waals surface area contributed by atoms with E-state index in [9.17, 15) is 0 Å². The molecule has 2 N–H and O–H groups in total. The number of rotatable bonds is 4. The molecule has 2 heterocycles. The lowest BCUT2D eigenvalue weighted by molar-refractivity contribution is 0.593. The Kier molecular flexibility index (Phi) is 4.13. The number of benzene rings is 2. The van der Waals surface area contributed by atoms with E-state index in [0.29, 0.717) is 5.92 Å². The predicted molar refractivity (Wildman–Crippen MR) is 101 cm³/mol. The lowest BCUT2D eigenvalue weighted by Crippen LogP contribution is -2.29. The second kappa shape index (κ2) is 6.42. The van der Waals surface area contributed by atoms with Crippen molar-refractivity contribution in [2.45, 2.75) is 18.9 Å². The molecule has 0 bridgehead atoms. The van der Waals surface area contributed by atoms with E-state index in [2.05, 4.69) is 70.9 Å². The maximum absolute atomic E-state index is 3.64. The molecule has 3 nitrogen and oxygen atoms in total. The Morgan fingerprint density at radius 2 is 2.00 bits per heavy atom. The SMILES string of the molecule is CNCCc1cn(C)c2c3c(ccc12)C(c1ccccc1)CNC3. The molecule has 2 aromatic carbocycles. The third-order valence-electron chi connectivity index (χ3n) is 5.24. The average Bonchev–Trinajstić information content (AvgIpc) is 2.96. The summed E-state index contributed by atoms with van der Waals surface area (Å²) in [7, 11) is 4.19. The van der Waals surface area contributed by atoms with E-state index in [1.165, 1.54) is 33.2 Å². The van der Waals surface area contributed by atoms with Crippen LogP contribution in [-0.4, -0.2) is 24.7 Å². The number of nitrogens with one attached hydrogen (secondary N) is 2. The van der Waals surface area contributed by atoms with Crippen molar-refractivity contribution in [3.63, 3.8) is 0 Å². The molecule has 0 saturated heterocycles. The highest BCUT2D eigenvalue weighted by atomic mass is 14.9. The highest BCUT2D eigenvalue weighted by Gasteiger charge is 2.24. The van der Waals surface area contributed by atoms with E-state index in [0.717, 1.165) is 26.1 Å². The molecule has 0 radical (unpaired) electrons. The molecule has 1 atom stereocenters. The first-order valence-electron chi connectivity index (χ1n) is 8.79. The maximum Gasteiger partial charge on any atom is 0.0529 e. The van der Waals surface area contributed by atoms with Crippen LogP contribution in [-0.2, 0) is 20.0 Å². The molecule has 1 aromatic heterocycles. The Balaban J connectivity index is 1.84. The number of hydrogen-bond donors (Lipinski definition) is 2. The molecule has 24 heavy (non-hydrogen) atoms. The van der Waals surface area contributed by atoms with E-state index in [-0.39, 0.29) is 0 Å². The van der Waals surface area contributed by atoms with Crippen molar-refractivity contribution in [2.24, 2.45) is 7.05 Å². The minimum atomic E-state index is 0.440. The summed E-state index contributed by atoms with van der Waals surface area (Å²) in [4.78, 5) is 0. The number of aryl methyl sites for hydroxylation is 1. The molecule has 124 valence electrons. The molecule has 3 aromatic rings. The van der Waals surface area contributed by atoms with E-state index >= 15 is 0 Å². The van der Waals surface area contributed by atoms with E-state index in [1.807, 2.05) is 7.05 Å². The minimum Gasteiger partial charge on any atom is -0.350 e. The summed E-state index contributed by atoms with van der Waals surface area (Å²) in [5.41, 5.74) is 7.17. The van der Waals surface area contributed by atoms with Crippen LogP contribution in [0.2, 0.25) is 0 Å². The topological polar surface area (TPSA) is 29.0 Å². The zero-order chi connectivity index (χ0) is 16.5. The van der Waals surface area contributed by atoms with Gasteiger partial charge in [0.1, 0.15) is 0 Å². The van der Waals surface area contributed by atoms with Gasteiger partial charge in [-0.2, -0.15) is 0 Å². The predicted octanol–water partition coefficient (Wildman–Crippen LogP) is 3.18. The van der Waals surface area contributed by atoms with Gasteiger partial charge in [-0.3, -0.25) is 0 Å². The van der Waals surface area contributed by atoms with Gasteiger partial charge in [0.05, 0.1) is 5.52 Å². The Hall–Kier alpha value is -2.10. The standard InChI is InChI=1S/C21H25N3/c1-22-11-10-16-14-24(2)21-17(16)8-9-18-19(12-23-13-20(18)21)15-6-4-3-5-7-15/h3-9,14,19,22-23H,10-13H2,1-2H3. The second-order valence-corrected chi connectivity index (χ2v) is 6.74. The minimum absolute atomic E-state index is 0.440. The molecule has 0 amide bonds. The zero-order valence-corrected chi connectivity index (χ0v) is 14.5. The molecule has 1 aliphatic rings. The number of likely N-dealkylation sites (N-methyl/N-ethyl adjacent to an activating group) is 1. The van der Waals surface area contributed by atoms with Gasteiger partial charge in [0, 0.05) is 37.6 Å². The fourth-order valence-electron chi connectivity index (χ4n) is 4.09. The molecule has 0 fully saturated rings. The maximum atomic E-state index is 3.64. The summed E-state index contributed by atoms with van der Waals surface area (Å²) in [6.07, 6.45) is 3.37. The number of aromatic nitrogens is 1. The third-order valence-corrected chi connectivity index (χ3v) is 5.24. The largest absolute Gasteiger partial charge is 0.350 e. The molecule has 3 heteroatoms. The van der Waals surface area contributed by atoms with E-state index in [1.54, 1.807) is 0 Å². The highest BCUT2D eigenvalue weighted by Crippen LogP contribution is 2.35. The number of hydrogen-bond acceptors (Lipinski definition) is 2. The molecule has 1 aliphatic heterocycles. The van der Waals surface area contributed by atoms with Gasteiger partial charge in [-0.05, 0) is 42.3 Å². The van der Waals surface area contributed by atoms with E-state index < -0.39 is 0 Å². The van der Waals surface area contributed by atoms with Crippen molar-refractivity contribution < 1.29 is 0 Å². The Bertz CT molecular complexity index is 848. The normalized spacial score (nSPS) is 17.2. The van der Waals surface area contributed by atoms with Crippen LogP contribution in [0.1, 0.15) is 28.2 Å². The van der Waals surface area contributed by atoms with Crippen molar-refractivity contribution in [2.75, 3.05) is 20.1 Å². The summed E-state index contributed by atoms with van der Waals surface area (Å²) in [5, 5.41) is 8.30. The van der Waals surface area contributed by atoms with Gasteiger partial charge in [0.15, 0.2) is 0 Å². The molecule has 0 saturated carbocycles. The van der Waals surface area contributed by atoms with Crippen LogP contribution < -0.4 is 10.6 Å². The summed E-state index contributed by atoms with van der Waals surface area (Å²) < 4.78 is 2.31. The fraction of sp³-hybridized carbons (Fsp3) is 0.333. The molecular weight excluding hydrogens is 294 g/mol. The van der Waals surface area contributed by atoms with Gasteiger partial charge in [0.25, 0.3) is 0 Å². The van der Waals surface area contributed by atoms with Gasteiger partial charge in [-0.25, -0.2) is 0 Å². The Labute approximate surface area is 143 Å². The van der Waals surface area contributed by atoms with Gasteiger partial charge in [0.2, 0.25) is 0 Å². The average molecular weight is 319 g/mol. The van der Waals surface area contributed by atoms with Crippen LogP contribution in [0.3, 0.4) is 0 Å². The van der Waals surface area contributed by atoms with Gasteiger partial charge >= 0.3 is 0 Å². The second-order valence-electron chi connectivity index (χ2n) is 6.74. The fourth-order valence-corrected chi connectivity index (χ4v) is 4.09. The number of nitrogens with zero attached hydrogens (tertiary/aromatic N) is 1. The molecule has 0 aliphatic carbocycles. The van der Waals surface area contributed by atoms with Crippen LogP contribution in [0, 0.1) is 0 Å². The highest BCUT2D eigenvalue weighted by molar-refractivity contribution is 5.88. The Morgan fingerprint density at radius 1 is 1.17 bits per heavy atom. The van der Waals surface area contributed by atoms with Crippen LogP contribution in [0.4, 0.5) is 0 Å². The Morgan fingerprint density at radius 3 is 2.79 bits per heavy atom. The van der Waals surface area contributed by atoms with Crippen LogP contribution in [0.15, 0.2) is 48.7 Å². The lowest BCUT2D eigenvalue weighted by Gasteiger charge is -2.28. The van der Waals surface area contributed by atoms with Crippen molar-refractivity contribution in [3.8, 4) is 0 Å². The van der Waals surface area contributed by atoms with Crippen molar-refractivity contribution in [1.29, 1.82) is 0 Å². The summed E-state index contributed by atoms with van der Waals surface area (Å²) in [6, 6.07) is 15.6. The molecular formula is C21H25N3. The lowest BCUT2D eigenvalue weighted by atomic mass is 9.84. The van der Waals surface area contributed by atoms with Gasteiger partial charge in [-0.15, -0.1) is 0 Å². The first-order valence-corrected chi connectivity index (χ1v) is 8.79. The van der Waals surface area contributed by atoms with Crippen LogP contribution in [0.5, 0.6) is 0 Å². The molecule has 1 unspecified atom stereocenters. The summed E-state index contributed by atoms with van der Waals surface area (Å²) in [6.45, 7) is 2.99. The summed E-state index contributed by atoms with van der Waals surface area (Å²) >= 11 is 0. The first-order chi connectivity index (χ1) is 11.8. The van der Waals surface area contributed by atoms with Crippen LogP contribution in [0.25, 0.3) is 10.9 Å². The summed E-state index contributed by atoms with van der Waals surface area (Å²) in [5.74, 6) is 0.440. The third kappa shape index (κ3) is 2.54. The number of fused-ring (bicyclic) bond motifs is 3. The van der Waals surface area contributed by atoms with Crippen molar-refractivity contribution in [3.05, 3.63) is 70.9 Å². The van der Waals surface area contributed by atoms with E-state index in [4.69, 9.17) is 0 Å². The molecule has 0 spiro atoms. The quantitative estimate of drug-likeness (QED) is 0.773. The first kappa shape index (κ1) is 15.4. The molecule has 4 rings (SSSR count). The van der Waals surface area contributed by atoms with Gasteiger partial charge < -0.3 is 15.2 Å².